The molecule has 0 atom stereocenters. The van der Waals surface area contributed by atoms with E-state index in [0.29, 0.717) is 15.8 Å². The second-order valence-corrected chi connectivity index (χ2v) is 5.11. The zero-order valence-electron chi connectivity index (χ0n) is 11.3. The fraction of sp³-hybridized carbons (Fsp3) is 0.167. The van der Waals surface area contributed by atoms with Gasteiger partial charge in [-0.2, -0.15) is 4.98 Å². The Hall–Kier alpha value is -2.26. The number of aryl methyl sites for hydroxylation is 2. The summed E-state index contributed by atoms with van der Waals surface area (Å²) in [5.74, 6) is 5.96. The number of nitrogen functional groups attached to an aromatic ring is 1. The number of nitrogens with zero attached hydrogens (tertiary/aromatic N) is 3. The van der Waals surface area contributed by atoms with Crippen molar-refractivity contribution in [2.45, 2.75) is 13.8 Å². The molecule has 0 aliphatic heterocycles. The van der Waals surface area contributed by atoms with Crippen molar-refractivity contribution in [2.24, 2.45) is 5.84 Å². The number of hydrogen-bond acceptors (Lipinski definition) is 7. The number of aromatic nitrogens is 2. The number of nitro benzene ring substituents is 1. The minimum Gasteiger partial charge on any atom is -0.437 e. The van der Waals surface area contributed by atoms with Crippen LogP contribution in [0.5, 0.6) is 11.6 Å². The number of hydrazine groups is 1. The molecule has 0 aliphatic rings. The van der Waals surface area contributed by atoms with Gasteiger partial charge in [0.05, 0.1) is 21.7 Å². The number of ether oxygens (including phenoxy) is 1. The Morgan fingerprint density at radius 3 is 2.71 bits per heavy atom. The molecule has 2 rings (SSSR count). The highest BCUT2D eigenvalue weighted by Crippen LogP contribution is 2.33. The number of benzene rings is 1. The Bertz CT molecular complexity index is 708. The molecule has 3 N–H and O–H groups in total. The summed E-state index contributed by atoms with van der Waals surface area (Å²) in [6.07, 6.45) is 1.47. The number of hydrogen-bond donors (Lipinski definition) is 2. The van der Waals surface area contributed by atoms with E-state index < -0.39 is 4.92 Å². The summed E-state index contributed by atoms with van der Waals surface area (Å²) in [5.41, 5.74) is 3.61. The topological polar surface area (TPSA) is 116 Å². The first-order chi connectivity index (χ1) is 9.92. The SMILES string of the molecule is Cc1cc(C)c([N+](=O)[O-])cc1Oc1nc(NN)ncc1Br. The Kier molecular flexibility index (Phi) is 4.34. The van der Waals surface area contributed by atoms with E-state index >= 15 is 0 Å². The van der Waals surface area contributed by atoms with Gasteiger partial charge in [-0.15, -0.1) is 0 Å². The lowest BCUT2D eigenvalue weighted by Gasteiger charge is -2.11. The minimum absolute atomic E-state index is 0.0158. The molecule has 0 bridgehead atoms. The van der Waals surface area contributed by atoms with Gasteiger partial charge in [-0.3, -0.25) is 15.5 Å². The first-order valence-electron chi connectivity index (χ1n) is 5.85. The number of nitro groups is 1. The first-order valence-corrected chi connectivity index (χ1v) is 6.64. The van der Waals surface area contributed by atoms with E-state index in [1.54, 1.807) is 19.9 Å². The molecule has 110 valence electrons. The van der Waals surface area contributed by atoms with E-state index in [1.807, 2.05) is 0 Å². The zero-order valence-corrected chi connectivity index (χ0v) is 12.8. The summed E-state index contributed by atoms with van der Waals surface area (Å²) in [7, 11) is 0. The van der Waals surface area contributed by atoms with Gasteiger partial charge in [0.25, 0.3) is 5.69 Å². The van der Waals surface area contributed by atoms with Crippen molar-refractivity contribution >= 4 is 27.6 Å². The highest BCUT2D eigenvalue weighted by molar-refractivity contribution is 9.10. The van der Waals surface area contributed by atoms with Gasteiger partial charge in [0.15, 0.2) is 0 Å². The summed E-state index contributed by atoms with van der Waals surface area (Å²) in [4.78, 5) is 18.5. The Labute approximate surface area is 128 Å². The van der Waals surface area contributed by atoms with Gasteiger partial charge in [-0.05, 0) is 41.4 Å². The molecule has 0 fully saturated rings. The van der Waals surface area contributed by atoms with E-state index in [9.17, 15) is 10.1 Å². The summed E-state index contributed by atoms with van der Waals surface area (Å²) < 4.78 is 6.13. The maximum atomic E-state index is 11.0. The smallest absolute Gasteiger partial charge is 0.276 e. The third-order valence-electron chi connectivity index (χ3n) is 2.74. The molecule has 0 radical (unpaired) electrons. The van der Waals surface area contributed by atoms with E-state index in [1.165, 1.54) is 12.3 Å². The molecule has 8 nitrogen and oxygen atoms in total. The highest BCUT2D eigenvalue weighted by atomic mass is 79.9. The molecular formula is C12H12BrN5O3. The third-order valence-corrected chi connectivity index (χ3v) is 3.28. The molecule has 21 heavy (non-hydrogen) atoms. The van der Waals surface area contributed by atoms with Crippen molar-refractivity contribution in [3.05, 3.63) is 44.0 Å². The van der Waals surface area contributed by atoms with E-state index in [-0.39, 0.29) is 17.5 Å². The summed E-state index contributed by atoms with van der Waals surface area (Å²) in [6, 6.07) is 3.05. The molecule has 2 aromatic rings. The molecular weight excluding hydrogens is 342 g/mol. The fourth-order valence-corrected chi connectivity index (χ4v) is 2.00. The largest absolute Gasteiger partial charge is 0.437 e. The van der Waals surface area contributed by atoms with Gasteiger partial charge in [0.1, 0.15) is 5.75 Å². The van der Waals surface area contributed by atoms with Gasteiger partial charge in [-0.25, -0.2) is 10.8 Å². The Morgan fingerprint density at radius 2 is 2.10 bits per heavy atom. The predicted octanol–water partition coefficient (Wildman–Crippen LogP) is 2.84. The molecule has 1 aromatic carbocycles. The van der Waals surface area contributed by atoms with Crippen molar-refractivity contribution in [3.63, 3.8) is 0 Å². The average Bonchev–Trinajstić information content (AvgIpc) is 2.43. The lowest BCUT2D eigenvalue weighted by atomic mass is 10.1. The number of nitrogens with two attached hydrogens (primary N) is 1. The maximum absolute atomic E-state index is 11.0. The molecule has 1 heterocycles. The molecule has 1 aromatic heterocycles. The normalized spacial score (nSPS) is 10.3. The molecule has 0 unspecified atom stereocenters. The van der Waals surface area contributed by atoms with Crippen molar-refractivity contribution in [2.75, 3.05) is 5.43 Å². The number of nitrogens with one attached hydrogen (secondary N) is 1. The monoisotopic (exact) mass is 353 g/mol. The van der Waals surface area contributed by atoms with Crippen molar-refractivity contribution in [1.82, 2.24) is 9.97 Å². The summed E-state index contributed by atoms with van der Waals surface area (Å²) in [5, 5.41) is 11.0. The minimum atomic E-state index is -0.455. The first kappa shape index (κ1) is 15.1. The molecule has 9 heteroatoms. The van der Waals surface area contributed by atoms with Crippen LogP contribution in [0, 0.1) is 24.0 Å². The van der Waals surface area contributed by atoms with Crippen LogP contribution in [0.15, 0.2) is 22.8 Å². The number of rotatable bonds is 4. The van der Waals surface area contributed by atoms with E-state index in [0.717, 1.165) is 5.56 Å². The lowest BCUT2D eigenvalue weighted by molar-refractivity contribution is -0.385. The molecule has 0 spiro atoms. The van der Waals surface area contributed by atoms with E-state index in [2.05, 4.69) is 31.3 Å². The summed E-state index contributed by atoms with van der Waals surface area (Å²) >= 11 is 3.25. The molecule has 0 amide bonds. The lowest BCUT2D eigenvalue weighted by Crippen LogP contribution is -2.10. The average molecular weight is 354 g/mol. The molecule has 0 saturated carbocycles. The second kappa shape index (κ2) is 6.02. The van der Waals surface area contributed by atoms with Gasteiger partial charge in [0.2, 0.25) is 11.8 Å². The standard InChI is InChI=1S/C12H12BrN5O3/c1-6-3-7(2)10(4-9(6)18(19)20)21-11-8(13)5-15-12(16-11)17-14/h3-5H,14H2,1-2H3,(H,15,16,17). The highest BCUT2D eigenvalue weighted by Gasteiger charge is 2.16. The van der Waals surface area contributed by atoms with Gasteiger partial charge in [-0.1, -0.05) is 0 Å². The third kappa shape index (κ3) is 3.26. The van der Waals surface area contributed by atoms with Crippen LogP contribution in [0.3, 0.4) is 0 Å². The van der Waals surface area contributed by atoms with Crippen LogP contribution in [0.25, 0.3) is 0 Å². The van der Waals surface area contributed by atoms with Gasteiger partial charge in [0, 0.05) is 5.56 Å². The van der Waals surface area contributed by atoms with Crippen LogP contribution in [0.1, 0.15) is 11.1 Å². The second-order valence-electron chi connectivity index (χ2n) is 4.25. The van der Waals surface area contributed by atoms with Crippen molar-refractivity contribution in [3.8, 4) is 11.6 Å². The van der Waals surface area contributed by atoms with E-state index in [4.69, 9.17) is 10.6 Å². The fourth-order valence-electron chi connectivity index (χ4n) is 1.73. The van der Waals surface area contributed by atoms with Crippen LogP contribution in [-0.2, 0) is 0 Å². The molecule has 0 saturated heterocycles. The maximum Gasteiger partial charge on any atom is 0.276 e. The quantitative estimate of drug-likeness (QED) is 0.493. The van der Waals surface area contributed by atoms with Crippen LogP contribution >= 0.6 is 15.9 Å². The Morgan fingerprint density at radius 1 is 1.38 bits per heavy atom. The predicted molar refractivity (Wildman–Crippen MR) is 80.2 cm³/mol. The van der Waals surface area contributed by atoms with Crippen LogP contribution in [-0.4, -0.2) is 14.9 Å². The number of halogens is 1. The Balaban J connectivity index is 2.44. The molecule has 0 aliphatic carbocycles. The van der Waals surface area contributed by atoms with Crippen LogP contribution in [0.2, 0.25) is 0 Å². The van der Waals surface area contributed by atoms with Crippen molar-refractivity contribution in [1.29, 1.82) is 0 Å². The zero-order chi connectivity index (χ0) is 15.6. The van der Waals surface area contributed by atoms with Crippen molar-refractivity contribution < 1.29 is 9.66 Å². The van der Waals surface area contributed by atoms with Crippen LogP contribution in [0.4, 0.5) is 11.6 Å². The van der Waals surface area contributed by atoms with Crippen LogP contribution < -0.4 is 16.0 Å². The van der Waals surface area contributed by atoms with Gasteiger partial charge >= 0.3 is 0 Å². The number of anilines is 1. The van der Waals surface area contributed by atoms with Gasteiger partial charge < -0.3 is 4.74 Å². The summed E-state index contributed by atoms with van der Waals surface area (Å²) in [6.45, 7) is 3.47.